The van der Waals surface area contributed by atoms with Crippen LogP contribution in [0.1, 0.15) is 42.6 Å². The summed E-state index contributed by atoms with van der Waals surface area (Å²) < 4.78 is 0. The van der Waals surface area contributed by atoms with E-state index in [1.165, 1.54) is 46.8 Å². The summed E-state index contributed by atoms with van der Waals surface area (Å²) in [4.78, 5) is 3.65. The van der Waals surface area contributed by atoms with E-state index in [0.717, 1.165) is 6.54 Å². The molecule has 3 heteroatoms. The van der Waals surface area contributed by atoms with E-state index in [0.29, 0.717) is 5.25 Å². The maximum atomic E-state index is 2.32. The van der Waals surface area contributed by atoms with Crippen molar-refractivity contribution in [1.82, 2.24) is 4.90 Å². The van der Waals surface area contributed by atoms with Gasteiger partial charge in [0.25, 0.3) is 0 Å². The normalized spacial score (nSPS) is 12.5. The topological polar surface area (TPSA) is 3.24 Å². The van der Waals surface area contributed by atoms with Gasteiger partial charge in [0.1, 0.15) is 0 Å². The van der Waals surface area contributed by atoms with Gasteiger partial charge < -0.3 is 4.90 Å². The summed E-state index contributed by atoms with van der Waals surface area (Å²) in [5.74, 6) is 2.40. The molecular formula is C22H31NS2. The third-order valence-corrected chi connectivity index (χ3v) is 6.59. The van der Waals surface area contributed by atoms with Gasteiger partial charge in [-0.2, -0.15) is 0 Å². The highest BCUT2D eigenvalue weighted by molar-refractivity contribution is 7.99. The summed E-state index contributed by atoms with van der Waals surface area (Å²) in [7, 11) is 4.29. The molecule has 0 amide bonds. The molecule has 0 N–H and O–H groups in total. The minimum absolute atomic E-state index is 0.429. The van der Waals surface area contributed by atoms with Crippen molar-refractivity contribution in [2.24, 2.45) is 0 Å². The molecule has 0 aliphatic rings. The Labute approximate surface area is 162 Å². The highest BCUT2D eigenvalue weighted by Crippen LogP contribution is 2.36. The molecule has 25 heavy (non-hydrogen) atoms. The summed E-state index contributed by atoms with van der Waals surface area (Å²) in [5.41, 5.74) is 2.82. The first-order valence-electron chi connectivity index (χ1n) is 9.24. The van der Waals surface area contributed by atoms with E-state index in [2.05, 4.69) is 92.3 Å². The maximum absolute atomic E-state index is 2.32. The lowest BCUT2D eigenvalue weighted by Crippen LogP contribution is -2.13. The molecule has 1 atom stereocenters. The van der Waals surface area contributed by atoms with Gasteiger partial charge >= 0.3 is 0 Å². The zero-order chi connectivity index (χ0) is 17.9. The second-order valence-corrected chi connectivity index (χ2v) is 8.97. The molecule has 0 heterocycles. The van der Waals surface area contributed by atoms with Gasteiger partial charge in [0.15, 0.2) is 0 Å². The quantitative estimate of drug-likeness (QED) is 0.333. The fraction of sp³-hybridized carbons (Fsp3) is 0.455. The van der Waals surface area contributed by atoms with Crippen LogP contribution >= 0.6 is 23.5 Å². The second-order valence-electron chi connectivity index (χ2n) is 6.59. The zero-order valence-corrected chi connectivity index (χ0v) is 17.4. The molecule has 0 aliphatic carbocycles. The van der Waals surface area contributed by atoms with E-state index in [1.54, 1.807) is 0 Å². The number of thioether (sulfide) groups is 2. The highest BCUT2D eigenvalue weighted by atomic mass is 32.2. The van der Waals surface area contributed by atoms with Gasteiger partial charge in [0, 0.05) is 4.90 Å². The molecule has 2 aromatic carbocycles. The van der Waals surface area contributed by atoms with Crippen molar-refractivity contribution < 1.29 is 0 Å². The molecule has 1 nitrogen and oxygen atoms in total. The fourth-order valence-corrected chi connectivity index (χ4v) is 4.90. The molecule has 136 valence electrons. The van der Waals surface area contributed by atoms with Crippen molar-refractivity contribution in [2.75, 3.05) is 32.1 Å². The Morgan fingerprint density at radius 1 is 0.840 bits per heavy atom. The number of hydrogen-bond donors (Lipinski definition) is 0. The molecule has 0 spiro atoms. The van der Waals surface area contributed by atoms with Crippen molar-refractivity contribution in [3.8, 4) is 0 Å². The van der Waals surface area contributed by atoms with Gasteiger partial charge in [-0.25, -0.2) is 0 Å². The average Bonchev–Trinajstić information content (AvgIpc) is 2.63. The van der Waals surface area contributed by atoms with Crippen molar-refractivity contribution >= 4 is 23.5 Å². The van der Waals surface area contributed by atoms with Crippen LogP contribution in [-0.2, 0) is 0 Å². The predicted octanol–water partition coefficient (Wildman–Crippen LogP) is 6.35. The molecular weight excluding hydrogens is 342 g/mol. The first-order chi connectivity index (χ1) is 12.2. The summed E-state index contributed by atoms with van der Waals surface area (Å²) in [6, 6.07) is 20.2. The van der Waals surface area contributed by atoms with Crippen molar-refractivity contribution in [3.63, 3.8) is 0 Å². The lowest BCUT2D eigenvalue weighted by molar-refractivity contribution is 0.410. The molecule has 0 saturated carbocycles. The van der Waals surface area contributed by atoms with Crippen LogP contribution in [0, 0.1) is 0 Å². The summed E-state index contributed by atoms with van der Waals surface area (Å²) in [6.07, 6.45) is 3.79. The van der Waals surface area contributed by atoms with E-state index in [-0.39, 0.29) is 0 Å². The summed E-state index contributed by atoms with van der Waals surface area (Å²) >= 11 is 4.04. The van der Waals surface area contributed by atoms with Crippen LogP contribution in [0.5, 0.6) is 0 Å². The third kappa shape index (κ3) is 7.47. The minimum Gasteiger partial charge on any atom is -0.309 e. The van der Waals surface area contributed by atoms with E-state index < -0.39 is 0 Å². The van der Waals surface area contributed by atoms with Crippen LogP contribution in [0.3, 0.4) is 0 Å². The van der Waals surface area contributed by atoms with Gasteiger partial charge in [0.2, 0.25) is 0 Å². The van der Waals surface area contributed by atoms with Crippen molar-refractivity contribution in [1.29, 1.82) is 0 Å². The summed E-state index contributed by atoms with van der Waals surface area (Å²) in [6.45, 7) is 3.41. The fourth-order valence-electron chi connectivity index (χ4n) is 2.67. The molecule has 2 rings (SSSR count). The van der Waals surface area contributed by atoms with Gasteiger partial charge in [-0.1, -0.05) is 55.8 Å². The Morgan fingerprint density at radius 3 is 2.16 bits per heavy atom. The molecule has 0 aliphatic heterocycles. The first kappa shape index (κ1) is 20.4. The van der Waals surface area contributed by atoms with Crippen LogP contribution in [-0.4, -0.2) is 37.0 Å². The summed E-state index contributed by atoms with van der Waals surface area (Å²) in [5, 5.41) is 0.429. The van der Waals surface area contributed by atoms with E-state index in [1.807, 2.05) is 11.8 Å². The molecule has 1 unspecified atom stereocenters. The van der Waals surface area contributed by atoms with E-state index in [4.69, 9.17) is 0 Å². The van der Waals surface area contributed by atoms with Gasteiger partial charge in [-0.3, -0.25) is 0 Å². The second kappa shape index (κ2) is 11.7. The van der Waals surface area contributed by atoms with E-state index >= 15 is 0 Å². The molecule has 0 fully saturated rings. The van der Waals surface area contributed by atoms with Crippen LogP contribution in [0.4, 0.5) is 0 Å². The first-order valence-corrected chi connectivity index (χ1v) is 11.3. The number of hydrogen-bond acceptors (Lipinski definition) is 3. The number of unbranched alkanes of at least 4 members (excludes halogenated alkanes) is 1. The molecule has 0 radical (unpaired) electrons. The SMILES string of the molecule is CCCCSc1ccc(C(SCCCN(C)C)c2ccccc2)cc1. The standard InChI is InChI=1S/C22H31NS2/c1-4-5-17-24-21-14-12-20(13-15-21)22(19-10-7-6-8-11-19)25-18-9-16-23(2)3/h6-8,10-15,22H,4-5,9,16-18H2,1-3H3. The lowest BCUT2D eigenvalue weighted by Gasteiger charge is -2.19. The monoisotopic (exact) mass is 373 g/mol. The van der Waals surface area contributed by atoms with Crippen molar-refractivity contribution in [3.05, 3.63) is 65.7 Å². The Bertz CT molecular complexity index is 581. The number of nitrogens with zero attached hydrogens (tertiary/aromatic N) is 1. The van der Waals surface area contributed by atoms with E-state index in [9.17, 15) is 0 Å². The average molecular weight is 374 g/mol. The Hall–Kier alpha value is -0.900. The number of rotatable bonds is 11. The molecule has 0 aromatic heterocycles. The minimum atomic E-state index is 0.429. The number of benzene rings is 2. The van der Waals surface area contributed by atoms with Gasteiger partial charge in [-0.15, -0.1) is 23.5 Å². The van der Waals surface area contributed by atoms with Crippen LogP contribution < -0.4 is 0 Å². The van der Waals surface area contributed by atoms with Gasteiger partial charge in [0.05, 0.1) is 5.25 Å². The lowest BCUT2D eigenvalue weighted by atomic mass is 10.0. The van der Waals surface area contributed by atoms with Crippen molar-refractivity contribution in [2.45, 2.75) is 36.3 Å². The maximum Gasteiger partial charge on any atom is 0.0546 e. The molecule has 2 aromatic rings. The Kier molecular flexibility index (Phi) is 9.52. The third-order valence-electron chi connectivity index (χ3n) is 4.09. The predicted molar refractivity (Wildman–Crippen MR) is 116 cm³/mol. The molecule has 0 bridgehead atoms. The van der Waals surface area contributed by atoms with Gasteiger partial charge in [-0.05, 0) is 68.2 Å². The van der Waals surface area contributed by atoms with Crippen LogP contribution in [0.25, 0.3) is 0 Å². The zero-order valence-electron chi connectivity index (χ0n) is 15.8. The van der Waals surface area contributed by atoms with Crippen LogP contribution in [0.15, 0.2) is 59.5 Å². The van der Waals surface area contributed by atoms with Crippen LogP contribution in [0.2, 0.25) is 0 Å². The Morgan fingerprint density at radius 2 is 1.52 bits per heavy atom. The largest absolute Gasteiger partial charge is 0.309 e. The Balaban J connectivity index is 2.04. The smallest absolute Gasteiger partial charge is 0.0546 e. The highest BCUT2D eigenvalue weighted by Gasteiger charge is 2.14. The molecule has 0 saturated heterocycles.